The zero-order valence-corrected chi connectivity index (χ0v) is 20.4. The molecule has 4 rings (SSSR count). The largest absolute Gasteiger partial charge is 0.448 e. The highest BCUT2D eigenvalue weighted by molar-refractivity contribution is 7.09. The number of carbonyl (C=O) groups excluding carboxylic acids is 2. The summed E-state index contributed by atoms with van der Waals surface area (Å²) in [6.07, 6.45) is 0.328. The highest BCUT2D eigenvalue weighted by Gasteiger charge is 2.41. The molecule has 1 fully saturated rings. The van der Waals surface area contributed by atoms with E-state index < -0.39 is 11.5 Å². The van der Waals surface area contributed by atoms with Gasteiger partial charge in [0.05, 0.1) is 16.1 Å². The Morgan fingerprint density at radius 2 is 1.88 bits per heavy atom. The minimum Gasteiger partial charge on any atom is -0.448 e. The van der Waals surface area contributed by atoms with E-state index in [0.29, 0.717) is 43.3 Å². The van der Waals surface area contributed by atoms with Crippen LogP contribution in [0.5, 0.6) is 0 Å². The van der Waals surface area contributed by atoms with Gasteiger partial charge in [0.25, 0.3) is 0 Å². The Bertz CT molecular complexity index is 1140. The summed E-state index contributed by atoms with van der Waals surface area (Å²) in [5.41, 5.74) is 2.46. The molecule has 2 amide bonds. The Morgan fingerprint density at radius 1 is 1.15 bits per heavy atom. The van der Waals surface area contributed by atoms with Crippen molar-refractivity contribution < 1.29 is 19.1 Å². The Balaban J connectivity index is 1.34. The Hall–Kier alpha value is -2.94. The molecule has 0 spiro atoms. The third kappa shape index (κ3) is 5.94. The van der Waals surface area contributed by atoms with Crippen LogP contribution in [0.15, 0.2) is 53.9 Å². The van der Waals surface area contributed by atoms with Crippen molar-refractivity contribution in [3.8, 4) is 11.3 Å². The topological polar surface area (TPSA) is 89.5 Å². The van der Waals surface area contributed by atoms with Crippen molar-refractivity contribution in [3.63, 3.8) is 0 Å². The molecule has 3 aromatic rings. The van der Waals surface area contributed by atoms with E-state index >= 15 is 0 Å². The zero-order valence-electron chi connectivity index (χ0n) is 18.8. The van der Waals surface area contributed by atoms with Gasteiger partial charge >= 0.3 is 6.09 Å². The molecule has 0 saturated carbocycles. The fraction of sp³-hybridized carbons (Fsp3) is 0.320. The van der Waals surface area contributed by atoms with Gasteiger partial charge in [-0.1, -0.05) is 41.9 Å². The van der Waals surface area contributed by atoms with Crippen LogP contribution in [-0.4, -0.2) is 36.8 Å². The van der Waals surface area contributed by atoms with Crippen molar-refractivity contribution in [2.45, 2.75) is 26.3 Å². The third-order valence-corrected chi connectivity index (χ3v) is 7.00. The number of halogens is 1. The maximum absolute atomic E-state index is 13.1. The molecule has 1 aliphatic heterocycles. The molecule has 0 unspecified atom stereocenters. The van der Waals surface area contributed by atoms with Gasteiger partial charge in [0.1, 0.15) is 6.61 Å². The van der Waals surface area contributed by atoms with Crippen LogP contribution in [0.2, 0.25) is 5.02 Å². The van der Waals surface area contributed by atoms with E-state index in [1.165, 1.54) is 0 Å². The number of nitrogens with one attached hydrogen (secondary N) is 2. The summed E-state index contributed by atoms with van der Waals surface area (Å²) in [5.74, 6) is -0.175. The molecule has 1 saturated heterocycles. The highest BCUT2D eigenvalue weighted by Crippen LogP contribution is 2.32. The van der Waals surface area contributed by atoms with Crippen LogP contribution in [0.3, 0.4) is 0 Å². The lowest BCUT2D eigenvalue weighted by Gasteiger charge is -2.35. The molecule has 1 aliphatic rings. The van der Waals surface area contributed by atoms with Crippen LogP contribution in [0.25, 0.3) is 11.3 Å². The van der Waals surface area contributed by atoms with Crippen LogP contribution >= 0.6 is 22.9 Å². The number of benzene rings is 2. The quantitative estimate of drug-likeness (QED) is 0.452. The molecule has 2 N–H and O–H groups in total. The van der Waals surface area contributed by atoms with Crippen LogP contribution in [0.1, 0.15) is 23.4 Å². The van der Waals surface area contributed by atoms with E-state index in [4.69, 9.17) is 21.1 Å². The number of hydrogen-bond donors (Lipinski definition) is 2. The molecule has 34 heavy (non-hydrogen) atoms. The van der Waals surface area contributed by atoms with Crippen molar-refractivity contribution in [3.05, 3.63) is 69.5 Å². The number of carbonyl (C=O) groups is 2. The molecule has 0 radical (unpaired) electrons. The summed E-state index contributed by atoms with van der Waals surface area (Å²) in [4.78, 5) is 30.1. The normalized spacial score (nSPS) is 14.9. The summed E-state index contributed by atoms with van der Waals surface area (Å²) in [6.45, 7) is 3.09. The van der Waals surface area contributed by atoms with Crippen LogP contribution in [0.4, 0.5) is 10.5 Å². The second kappa shape index (κ2) is 11.0. The summed E-state index contributed by atoms with van der Waals surface area (Å²) in [6, 6.07) is 14.7. The van der Waals surface area contributed by atoms with E-state index in [1.54, 1.807) is 29.5 Å². The van der Waals surface area contributed by atoms with E-state index in [0.717, 1.165) is 21.8 Å². The van der Waals surface area contributed by atoms with Gasteiger partial charge in [-0.15, -0.1) is 11.3 Å². The first kappa shape index (κ1) is 24.2. The molecule has 178 valence electrons. The fourth-order valence-electron chi connectivity index (χ4n) is 3.78. The minimum atomic E-state index is -0.844. The molecular weight excluding hydrogens is 474 g/mol. The molecular formula is C25H26ClN3O4S. The average Bonchev–Trinajstić information content (AvgIpc) is 3.29. The summed E-state index contributed by atoms with van der Waals surface area (Å²) in [5, 5.41) is 9.27. The smallest absolute Gasteiger partial charge is 0.411 e. The predicted octanol–water partition coefficient (Wildman–Crippen LogP) is 5.43. The van der Waals surface area contributed by atoms with Crippen molar-refractivity contribution in [2.24, 2.45) is 5.41 Å². The van der Waals surface area contributed by atoms with Gasteiger partial charge in [0.15, 0.2) is 0 Å². The number of aryl methyl sites for hydroxylation is 1. The second-order valence-corrected chi connectivity index (χ2v) is 9.67. The van der Waals surface area contributed by atoms with Gasteiger partial charge in [-0.3, -0.25) is 10.1 Å². The number of thiazole rings is 1. The number of rotatable bonds is 7. The fourth-order valence-corrected chi connectivity index (χ4v) is 4.61. The number of amides is 2. The van der Waals surface area contributed by atoms with Crippen molar-refractivity contribution in [2.75, 3.05) is 25.1 Å². The lowest BCUT2D eigenvalue weighted by molar-refractivity contribution is -0.140. The Labute approximate surface area is 207 Å². The van der Waals surface area contributed by atoms with E-state index in [9.17, 15) is 9.59 Å². The van der Waals surface area contributed by atoms with Crippen molar-refractivity contribution in [1.29, 1.82) is 0 Å². The number of aromatic nitrogens is 1. The van der Waals surface area contributed by atoms with Crippen LogP contribution in [0, 0.1) is 12.3 Å². The van der Waals surface area contributed by atoms with Crippen LogP contribution in [-0.2, 0) is 20.8 Å². The molecule has 0 aliphatic carbocycles. The number of ether oxygens (including phenoxy) is 2. The molecule has 9 heteroatoms. The van der Waals surface area contributed by atoms with Gasteiger partial charge < -0.3 is 14.8 Å². The number of anilines is 1. The standard InChI is InChI=1S/C25H26ClN3O4S/c1-17-28-22(15-34-17)18-6-8-20(9-7-18)29-24(31)33-16-25(10-12-32-13-11-25)23(30)27-14-19-4-2-3-5-21(19)26/h2-9,15H,10-14,16H2,1H3,(H,27,30)(H,29,31). The monoisotopic (exact) mass is 499 g/mol. The van der Waals surface area contributed by atoms with Gasteiger partial charge in [0, 0.05) is 41.4 Å². The van der Waals surface area contributed by atoms with Gasteiger partial charge in [-0.2, -0.15) is 0 Å². The molecule has 2 aromatic carbocycles. The predicted molar refractivity (Wildman–Crippen MR) is 133 cm³/mol. The van der Waals surface area contributed by atoms with Crippen LogP contribution < -0.4 is 10.6 Å². The maximum Gasteiger partial charge on any atom is 0.411 e. The van der Waals surface area contributed by atoms with Crippen molar-refractivity contribution in [1.82, 2.24) is 10.3 Å². The number of hydrogen-bond acceptors (Lipinski definition) is 6. The van der Waals surface area contributed by atoms with E-state index in [1.807, 2.05) is 42.6 Å². The van der Waals surface area contributed by atoms with E-state index in [-0.39, 0.29) is 12.5 Å². The molecule has 7 nitrogen and oxygen atoms in total. The maximum atomic E-state index is 13.1. The minimum absolute atomic E-state index is 0.0350. The summed E-state index contributed by atoms with van der Waals surface area (Å²) < 4.78 is 10.9. The van der Waals surface area contributed by atoms with E-state index in [2.05, 4.69) is 15.6 Å². The average molecular weight is 500 g/mol. The molecule has 0 bridgehead atoms. The lowest BCUT2D eigenvalue weighted by Crippen LogP contribution is -2.48. The Morgan fingerprint density at radius 3 is 2.56 bits per heavy atom. The third-order valence-electron chi connectivity index (χ3n) is 5.85. The molecule has 2 heterocycles. The number of nitrogens with zero attached hydrogens (tertiary/aromatic N) is 1. The highest BCUT2D eigenvalue weighted by atomic mass is 35.5. The first-order valence-electron chi connectivity index (χ1n) is 11.0. The molecule has 0 atom stereocenters. The van der Waals surface area contributed by atoms with Gasteiger partial charge in [0.2, 0.25) is 5.91 Å². The Kier molecular flexibility index (Phi) is 7.82. The molecule has 1 aromatic heterocycles. The second-order valence-electron chi connectivity index (χ2n) is 8.20. The zero-order chi connectivity index (χ0) is 24.0. The van der Waals surface area contributed by atoms with Crippen molar-refractivity contribution >= 4 is 40.6 Å². The first-order valence-corrected chi connectivity index (χ1v) is 12.3. The van der Waals surface area contributed by atoms with Gasteiger partial charge in [-0.05, 0) is 43.5 Å². The summed E-state index contributed by atoms with van der Waals surface area (Å²) >= 11 is 7.79. The summed E-state index contributed by atoms with van der Waals surface area (Å²) in [7, 11) is 0. The van der Waals surface area contributed by atoms with Gasteiger partial charge in [-0.25, -0.2) is 9.78 Å². The lowest BCUT2D eigenvalue weighted by atomic mass is 9.80. The first-order chi connectivity index (χ1) is 16.4. The SMILES string of the molecule is Cc1nc(-c2ccc(NC(=O)OCC3(C(=O)NCc4ccccc4Cl)CCOCC3)cc2)cs1.